The highest BCUT2D eigenvalue weighted by atomic mass is 16.5. The van der Waals surface area contributed by atoms with E-state index in [1.54, 1.807) is 38.4 Å². The third-order valence-electron chi connectivity index (χ3n) is 4.82. The van der Waals surface area contributed by atoms with Crippen LogP contribution in [-0.4, -0.2) is 33.8 Å². The fraction of sp³-hybridized carbons (Fsp3) is 0.240. The lowest BCUT2D eigenvalue weighted by molar-refractivity contribution is 0.0331. The molecule has 6 nitrogen and oxygen atoms in total. The van der Waals surface area contributed by atoms with Crippen molar-refractivity contribution >= 4 is 28.2 Å². The molecule has 158 valence electrons. The van der Waals surface area contributed by atoms with Crippen LogP contribution < -0.4 is 0 Å². The summed E-state index contributed by atoms with van der Waals surface area (Å²) in [6.07, 6.45) is 1.03. The standard InChI is InChI=1S/C25H24N2O4/c1-15(2)30-24(28)20-21(25(29)31-16(3)4)23-19-13-9-8-12-18(19)14-26-27(23)22(20)17-10-6-5-7-11-17/h5-16H,1-4H3. The maximum absolute atomic E-state index is 13.3. The summed E-state index contributed by atoms with van der Waals surface area (Å²) < 4.78 is 12.7. The molecule has 0 radical (unpaired) electrons. The molecular weight excluding hydrogens is 392 g/mol. The molecule has 31 heavy (non-hydrogen) atoms. The van der Waals surface area contributed by atoms with Crippen molar-refractivity contribution < 1.29 is 19.1 Å². The van der Waals surface area contributed by atoms with Crippen molar-refractivity contribution in [3.8, 4) is 11.3 Å². The van der Waals surface area contributed by atoms with Gasteiger partial charge in [-0.2, -0.15) is 5.10 Å². The molecule has 0 atom stereocenters. The number of esters is 2. The molecule has 0 fully saturated rings. The van der Waals surface area contributed by atoms with Gasteiger partial charge in [-0.3, -0.25) is 0 Å². The molecule has 2 heterocycles. The molecule has 4 aromatic rings. The summed E-state index contributed by atoms with van der Waals surface area (Å²) in [4.78, 5) is 26.6. The van der Waals surface area contributed by atoms with Crippen molar-refractivity contribution in [3.05, 3.63) is 71.9 Å². The molecule has 0 spiro atoms. The molecule has 2 aromatic heterocycles. The molecule has 4 rings (SSSR count). The van der Waals surface area contributed by atoms with E-state index in [0.717, 1.165) is 16.3 Å². The van der Waals surface area contributed by atoms with E-state index in [9.17, 15) is 9.59 Å². The Kier molecular flexibility index (Phi) is 5.46. The van der Waals surface area contributed by atoms with Crippen molar-refractivity contribution in [2.24, 2.45) is 0 Å². The van der Waals surface area contributed by atoms with Crippen LogP contribution in [0, 0.1) is 0 Å². The van der Waals surface area contributed by atoms with E-state index in [2.05, 4.69) is 5.10 Å². The average Bonchev–Trinajstić information content (AvgIpc) is 3.09. The molecule has 0 saturated carbocycles. The highest BCUT2D eigenvalue weighted by molar-refractivity contribution is 6.17. The Morgan fingerprint density at radius 3 is 2.03 bits per heavy atom. The summed E-state index contributed by atoms with van der Waals surface area (Å²) in [5, 5.41) is 6.25. The Hall–Kier alpha value is -3.67. The zero-order chi connectivity index (χ0) is 22.1. The predicted molar refractivity (Wildman–Crippen MR) is 119 cm³/mol. The van der Waals surface area contributed by atoms with Crippen molar-refractivity contribution in [1.82, 2.24) is 9.61 Å². The number of carbonyl (C=O) groups excluding carboxylic acids is 2. The molecule has 0 bridgehead atoms. The Morgan fingerprint density at radius 2 is 1.39 bits per heavy atom. The quantitative estimate of drug-likeness (QED) is 0.414. The van der Waals surface area contributed by atoms with Gasteiger partial charge in [-0.25, -0.2) is 14.1 Å². The third-order valence-corrected chi connectivity index (χ3v) is 4.82. The van der Waals surface area contributed by atoms with Crippen LogP contribution in [0.1, 0.15) is 48.4 Å². The van der Waals surface area contributed by atoms with Crippen LogP contribution >= 0.6 is 0 Å². The van der Waals surface area contributed by atoms with Gasteiger partial charge in [-0.15, -0.1) is 0 Å². The Labute approximate surface area is 180 Å². The van der Waals surface area contributed by atoms with Crippen LogP contribution in [-0.2, 0) is 9.47 Å². The fourth-order valence-corrected chi connectivity index (χ4v) is 3.68. The molecule has 6 heteroatoms. The number of ether oxygens (including phenoxy) is 2. The Bertz CT molecular complexity index is 1270. The van der Waals surface area contributed by atoms with Gasteiger partial charge in [0.2, 0.25) is 0 Å². The van der Waals surface area contributed by atoms with Gasteiger partial charge in [0.15, 0.2) is 0 Å². The summed E-state index contributed by atoms with van der Waals surface area (Å²) in [7, 11) is 0. The van der Waals surface area contributed by atoms with Gasteiger partial charge in [0, 0.05) is 16.3 Å². The number of nitrogens with zero attached hydrogens (tertiary/aromatic N) is 2. The van der Waals surface area contributed by atoms with Crippen molar-refractivity contribution in [2.75, 3.05) is 0 Å². The molecule has 0 amide bonds. The van der Waals surface area contributed by atoms with Crippen molar-refractivity contribution in [1.29, 1.82) is 0 Å². The van der Waals surface area contributed by atoms with Crippen molar-refractivity contribution in [2.45, 2.75) is 39.9 Å². The van der Waals surface area contributed by atoms with Crippen LogP contribution in [0.25, 0.3) is 27.5 Å². The van der Waals surface area contributed by atoms with E-state index in [-0.39, 0.29) is 23.3 Å². The molecule has 2 aromatic carbocycles. The zero-order valence-electron chi connectivity index (χ0n) is 18.0. The maximum atomic E-state index is 13.3. The lowest BCUT2D eigenvalue weighted by Crippen LogP contribution is -2.18. The summed E-state index contributed by atoms with van der Waals surface area (Å²) in [5.41, 5.74) is 2.11. The number of benzene rings is 2. The van der Waals surface area contributed by atoms with Gasteiger partial charge in [0.05, 0.1) is 29.6 Å². The molecule has 0 aliphatic rings. The van der Waals surface area contributed by atoms with Crippen LogP contribution in [0.3, 0.4) is 0 Å². The van der Waals surface area contributed by atoms with Gasteiger partial charge < -0.3 is 9.47 Å². The van der Waals surface area contributed by atoms with Crippen LogP contribution in [0.2, 0.25) is 0 Å². The normalized spacial score (nSPS) is 11.4. The largest absolute Gasteiger partial charge is 0.459 e. The second-order valence-electron chi connectivity index (χ2n) is 7.86. The fourth-order valence-electron chi connectivity index (χ4n) is 3.68. The van der Waals surface area contributed by atoms with Gasteiger partial charge in [0.25, 0.3) is 0 Å². The smallest absolute Gasteiger partial charge is 0.341 e. The number of rotatable bonds is 5. The van der Waals surface area contributed by atoms with Gasteiger partial charge in [-0.1, -0.05) is 54.6 Å². The molecule has 0 aliphatic heterocycles. The lowest BCUT2D eigenvalue weighted by Gasteiger charge is -2.12. The number of hydrogen-bond acceptors (Lipinski definition) is 5. The SMILES string of the molecule is CC(C)OC(=O)c1c(C(=O)OC(C)C)c2c3ccccc3cnn2c1-c1ccccc1. The molecule has 0 N–H and O–H groups in total. The number of carbonyl (C=O) groups is 2. The van der Waals surface area contributed by atoms with Gasteiger partial charge >= 0.3 is 11.9 Å². The number of hydrogen-bond donors (Lipinski definition) is 0. The molecule has 0 unspecified atom stereocenters. The van der Waals surface area contributed by atoms with Gasteiger partial charge in [-0.05, 0) is 27.7 Å². The molecule has 0 saturated heterocycles. The molecule has 0 aliphatic carbocycles. The van der Waals surface area contributed by atoms with E-state index >= 15 is 0 Å². The highest BCUT2D eigenvalue weighted by Crippen LogP contribution is 2.36. The second-order valence-corrected chi connectivity index (χ2v) is 7.86. The minimum absolute atomic E-state index is 0.161. The van der Waals surface area contributed by atoms with Crippen LogP contribution in [0.15, 0.2) is 60.8 Å². The first-order valence-electron chi connectivity index (χ1n) is 10.3. The summed E-state index contributed by atoms with van der Waals surface area (Å²) in [5.74, 6) is -1.16. The predicted octanol–water partition coefficient (Wildman–Crippen LogP) is 5.28. The average molecular weight is 416 g/mol. The monoisotopic (exact) mass is 416 g/mol. The van der Waals surface area contributed by atoms with E-state index in [1.807, 2.05) is 54.6 Å². The minimum atomic E-state index is -0.584. The summed E-state index contributed by atoms with van der Waals surface area (Å²) in [6.45, 7) is 7.10. The van der Waals surface area contributed by atoms with E-state index in [0.29, 0.717) is 11.2 Å². The number of aromatic nitrogens is 2. The zero-order valence-corrected chi connectivity index (χ0v) is 18.0. The van der Waals surface area contributed by atoms with E-state index in [4.69, 9.17) is 9.47 Å². The summed E-state index contributed by atoms with van der Waals surface area (Å²) in [6, 6.07) is 17.0. The summed E-state index contributed by atoms with van der Waals surface area (Å²) >= 11 is 0. The first kappa shape index (κ1) is 20.6. The first-order valence-corrected chi connectivity index (χ1v) is 10.3. The lowest BCUT2D eigenvalue weighted by atomic mass is 10.0. The van der Waals surface area contributed by atoms with Crippen LogP contribution in [0.5, 0.6) is 0 Å². The Balaban J connectivity index is 2.17. The molecular formula is C25H24N2O4. The van der Waals surface area contributed by atoms with Crippen LogP contribution in [0.4, 0.5) is 0 Å². The number of fused-ring (bicyclic) bond motifs is 3. The van der Waals surface area contributed by atoms with Crippen molar-refractivity contribution in [3.63, 3.8) is 0 Å². The first-order chi connectivity index (χ1) is 14.9. The highest BCUT2D eigenvalue weighted by Gasteiger charge is 2.33. The third kappa shape index (κ3) is 3.77. The topological polar surface area (TPSA) is 69.9 Å². The van der Waals surface area contributed by atoms with E-state index < -0.39 is 11.9 Å². The van der Waals surface area contributed by atoms with Gasteiger partial charge in [0.1, 0.15) is 11.1 Å². The van der Waals surface area contributed by atoms with E-state index in [1.165, 1.54) is 0 Å². The Morgan fingerprint density at radius 1 is 0.806 bits per heavy atom. The second kappa shape index (κ2) is 8.22. The maximum Gasteiger partial charge on any atom is 0.341 e. The minimum Gasteiger partial charge on any atom is -0.459 e.